The molecule has 0 aromatic rings. The highest BCUT2D eigenvalue weighted by Gasteiger charge is 2.47. The molecule has 6 nitrogen and oxygen atoms in total. The molecule has 0 bridgehead atoms. The van der Waals surface area contributed by atoms with E-state index in [2.05, 4.69) is 0 Å². The van der Waals surface area contributed by atoms with Gasteiger partial charge in [-0.05, 0) is 51.8 Å². The van der Waals surface area contributed by atoms with E-state index in [1.54, 1.807) is 0 Å². The fraction of sp³-hybridized carbons (Fsp3) is 1.00. The van der Waals surface area contributed by atoms with Crippen molar-refractivity contribution in [1.29, 1.82) is 0 Å². The molecule has 112 valence electrons. The normalized spacial score (nSPS) is 44.1. The van der Waals surface area contributed by atoms with E-state index in [1.807, 2.05) is 37.5 Å². The van der Waals surface area contributed by atoms with Crippen LogP contribution in [0.2, 0.25) is 0 Å². The number of rotatable bonds is 2. The maximum atomic E-state index is 5.78. The Balaban J connectivity index is 1.99. The van der Waals surface area contributed by atoms with Gasteiger partial charge in [0, 0.05) is 0 Å². The molecule has 10 heteroatoms. The Morgan fingerprint density at radius 2 is 1.00 bits per heavy atom. The molecule has 1 spiro atoms. The van der Waals surface area contributed by atoms with E-state index in [9.17, 15) is 0 Å². The molecule has 0 aromatic carbocycles. The molecule has 2 rings (SSSR count). The number of hydrogen-bond acceptors (Lipinski definition) is 6. The standard InChI is InChI=1S/C9H20N2O4P2S2/c1-10(2)16(18)12-5-9(6-13-16)7-14-17(19,11(3)4)15-8-9/h5-8H2,1-4H3. The topological polar surface area (TPSA) is 43.4 Å². The van der Waals surface area contributed by atoms with E-state index in [4.69, 9.17) is 41.7 Å². The van der Waals surface area contributed by atoms with Crippen molar-refractivity contribution in [2.75, 3.05) is 54.6 Å². The van der Waals surface area contributed by atoms with Crippen molar-refractivity contribution in [2.45, 2.75) is 0 Å². The minimum Gasteiger partial charge on any atom is -0.317 e. The molecule has 0 aliphatic carbocycles. The Labute approximate surface area is 124 Å². The van der Waals surface area contributed by atoms with Gasteiger partial charge in [0.15, 0.2) is 0 Å². The van der Waals surface area contributed by atoms with Crippen LogP contribution in [0.25, 0.3) is 0 Å². The largest absolute Gasteiger partial charge is 0.317 e. The summed E-state index contributed by atoms with van der Waals surface area (Å²) in [4.78, 5) is 0. The lowest BCUT2D eigenvalue weighted by Crippen LogP contribution is -2.47. The molecule has 0 aromatic heterocycles. The maximum Gasteiger partial charge on any atom is 0.263 e. The highest BCUT2D eigenvalue weighted by Crippen LogP contribution is 2.60. The van der Waals surface area contributed by atoms with Crippen LogP contribution in [0, 0.1) is 5.41 Å². The van der Waals surface area contributed by atoms with Gasteiger partial charge in [0.2, 0.25) is 0 Å². The Morgan fingerprint density at radius 1 is 0.737 bits per heavy atom. The molecule has 0 radical (unpaired) electrons. The molecule has 2 fully saturated rings. The summed E-state index contributed by atoms with van der Waals surface area (Å²) in [7, 11) is 7.49. The van der Waals surface area contributed by atoms with Crippen LogP contribution in [0.15, 0.2) is 0 Å². The van der Waals surface area contributed by atoms with Gasteiger partial charge >= 0.3 is 0 Å². The first-order chi connectivity index (χ1) is 8.72. The molecule has 0 N–H and O–H groups in total. The summed E-state index contributed by atoms with van der Waals surface area (Å²) in [5, 5.41) is 0. The van der Waals surface area contributed by atoms with Gasteiger partial charge in [-0.15, -0.1) is 0 Å². The Hall–Kier alpha value is 1.06. The molecular formula is C9H20N2O4P2S2. The van der Waals surface area contributed by atoms with Crippen LogP contribution in [0.5, 0.6) is 0 Å². The van der Waals surface area contributed by atoms with Crippen molar-refractivity contribution in [1.82, 2.24) is 9.34 Å². The van der Waals surface area contributed by atoms with Crippen molar-refractivity contribution < 1.29 is 18.1 Å². The first-order valence-electron chi connectivity index (χ1n) is 5.85. The summed E-state index contributed by atoms with van der Waals surface area (Å²) in [6.45, 7) is -2.64. The third kappa shape index (κ3) is 3.29. The molecule has 2 heterocycles. The molecule has 2 aliphatic heterocycles. The van der Waals surface area contributed by atoms with Gasteiger partial charge in [-0.3, -0.25) is 0 Å². The molecule has 0 amide bonds. The summed E-state index contributed by atoms with van der Waals surface area (Å²) >= 11 is 10.8. The Kier molecular flexibility index (Phi) is 4.92. The zero-order valence-electron chi connectivity index (χ0n) is 11.6. The van der Waals surface area contributed by atoms with Crippen LogP contribution < -0.4 is 0 Å². The van der Waals surface area contributed by atoms with Gasteiger partial charge in [0.05, 0.1) is 31.8 Å². The van der Waals surface area contributed by atoms with Crippen LogP contribution >= 0.6 is 13.3 Å². The monoisotopic (exact) mass is 346 g/mol. The second-order valence-electron chi connectivity index (χ2n) is 5.23. The molecule has 2 aliphatic rings. The third-order valence-corrected chi connectivity index (χ3v) is 10.1. The summed E-state index contributed by atoms with van der Waals surface area (Å²) in [5.74, 6) is 0. The zero-order valence-corrected chi connectivity index (χ0v) is 15.0. The van der Waals surface area contributed by atoms with Gasteiger partial charge in [-0.25, -0.2) is 9.34 Å². The number of nitrogens with zero attached hydrogens (tertiary/aromatic N) is 2. The summed E-state index contributed by atoms with van der Waals surface area (Å²) in [5.41, 5.74) is -0.281. The molecule has 2 saturated heterocycles. The maximum absolute atomic E-state index is 5.78. The van der Waals surface area contributed by atoms with E-state index in [0.29, 0.717) is 26.4 Å². The van der Waals surface area contributed by atoms with Gasteiger partial charge in [0.25, 0.3) is 13.3 Å². The minimum atomic E-state index is -2.30. The average Bonchev–Trinajstić information content (AvgIpc) is 2.37. The Bertz CT molecular complexity index is 378. The van der Waals surface area contributed by atoms with E-state index in [1.165, 1.54) is 0 Å². The molecular weight excluding hydrogens is 326 g/mol. The van der Waals surface area contributed by atoms with E-state index < -0.39 is 13.3 Å². The third-order valence-electron chi connectivity index (χ3n) is 3.12. The first kappa shape index (κ1) is 16.4. The van der Waals surface area contributed by atoms with Crippen molar-refractivity contribution in [3.8, 4) is 0 Å². The molecule has 0 saturated carbocycles. The lowest BCUT2D eigenvalue weighted by Gasteiger charge is -2.46. The molecule has 0 atom stereocenters. The van der Waals surface area contributed by atoms with Crippen molar-refractivity contribution in [3.05, 3.63) is 0 Å². The second kappa shape index (κ2) is 5.69. The second-order valence-corrected chi connectivity index (χ2v) is 12.5. The smallest absolute Gasteiger partial charge is 0.263 e. The van der Waals surface area contributed by atoms with Gasteiger partial charge in [0.1, 0.15) is 0 Å². The summed E-state index contributed by atoms with van der Waals surface area (Å²) < 4.78 is 26.8. The van der Waals surface area contributed by atoms with Crippen molar-refractivity contribution >= 4 is 36.9 Å². The SMILES string of the molecule is CN(C)P1(=S)OCC2(CO1)COP(=S)(N(C)C)OC2. The van der Waals surface area contributed by atoms with Gasteiger partial charge in [-0.2, -0.15) is 0 Å². The van der Waals surface area contributed by atoms with Crippen LogP contribution in [-0.2, 0) is 41.7 Å². The minimum absolute atomic E-state index is 0.281. The fourth-order valence-corrected chi connectivity index (χ4v) is 5.11. The van der Waals surface area contributed by atoms with Gasteiger partial charge in [-0.1, -0.05) is 0 Å². The van der Waals surface area contributed by atoms with Crippen molar-refractivity contribution in [2.24, 2.45) is 5.41 Å². The van der Waals surface area contributed by atoms with Crippen molar-refractivity contribution in [3.63, 3.8) is 0 Å². The zero-order chi connectivity index (χ0) is 14.3. The van der Waals surface area contributed by atoms with E-state index in [-0.39, 0.29) is 5.41 Å². The van der Waals surface area contributed by atoms with Crippen LogP contribution in [0.1, 0.15) is 0 Å². The molecule has 19 heavy (non-hydrogen) atoms. The Morgan fingerprint density at radius 3 is 1.21 bits per heavy atom. The van der Waals surface area contributed by atoms with Gasteiger partial charge < -0.3 is 18.1 Å². The highest BCUT2D eigenvalue weighted by atomic mass is 32.5. The summed E-state index contributed by atoms with van der Waals surface area (Å²) in [6, 6.07) is 0. The predicted octanol–water partition coefficient (Wildman–Crippen LogP) is 1.64. The summed E-state index contributed by atoms with van der Waals surface area (Å²) in [6.07, 6.45) is 0. The number of hydrogen-bond donors (Lipinski definition) is 0. The average molecular weight is 346 g/mol. The van der Waals surface area contributed by atoms with E-state index in [0.717, 1.165) is 0 Å². The van der Waals surface area contributed by atoms with E-state index >= 15 is 0 Å². The predicted molar refractivity (Wildman–Crippen MR) is 82.2 cm³/mol. The molecule has 0 unspecified atom stereocenters. The quantitative estimate of drug-likeness (QED) is 0.699. The van der Waals surface area contributed by atoms with Crippen LogP contribution in [0.3, 0.4) is 0 Å². The lowest BCUT2D eigenvalue weighted by atomic mass is 9.93. The van der Waals surface area contributed by atoms with Crippen LogP contribution in [0.4, 0.5) is 0 Å². The van der Waals surface area contributed by atoms with Crippen LogP contribution in [-0.4, -0.2) is 64.0 Å². The highest BCUT2D eigenvalue weighted by molar-refractivity contribution is 8.09. The first-order valence-corrected chi connectivity index (χ1v) is 11.0. The lowest BCUT2D eigenvalue weighted by molar-refractivity contribution is -0.0640. The fourth-order valence-electron chi connectivity index (χ4n) is 1.66.